The summed E-state index contributed by atoms with van der Waals surface area (Å²) in [5, 5.41) is 14.3. The third-order valence-corrected chi connectivity index (χ3v) is 5.63. The number of rotatable bonds is 6. The third-order valence-electron chi connectivity index (χ3n) is 5.63. The van der Waals surface area contributed by atoms with Crippen molar-refractivity contribution in [2.45, 2.75) is 6.92 Å². The van der Waals surface area contributed by atoms with Crippen molar-refractivity contribution in [2.75, 3.05) is 49.6 Å². The van der Waals surface area contributed by atoms with Crippen LogP contribution in [0.1, 0.15) is 22.8 Å². The predicted octanol–water partition coefficient (Wildman–Crippen LogP) is 1.64. The second-order valence-electron chi connectivity index (χ2n) is 7.71. The summed E-state index contributed by atoms with van der Waals surface area (Å²) in [7, 11) is 1.45. The molecular weight excluding hydrogens is 438 g/mol. The van der Waals surface area contributed by atoms with Crippen molar-refractivity contribution >= 4 is 34.8 Å². The van der Waals surface area contributed by atoms with E-state index in [-0.39, 0.29) is 23.7 Å². The Morgan fingerprint density at radius 1 is 1.15 bits per heavy atom. The Hall–Kier alpha value is -4.39. The van der Waals surface area contributed by atoms with Crippen molar-refractivity contribution in [1.29, 1.82) is 0 Å². The fraction of sp³-hybridized carbons (Fsp3) is 0.292. The summed E-state index contributed by atoms with van der Waals surface area (Å²) < 4.78 is 0. The summed E-state index contributed by atoms with van der Waals surface area (Å²) in [4.78, 5) is 53.1. The van der Waals surface area contributed by atoms with E-state index in [4.69, 9.17) is 6.42 Å². The SMILES string of the molecule is C#Cc1cccc(N(CC(=O)NC)C(=O)c2ccc(N3CCN(C(C)=O)CC3)c([N+](=O)[O-])c2)c1. The number of piperazine rings is 1. The summed E-state index contributed by atoms with van der Waals surface area (Å²) in [6, 6.07) is 10.8. The fourth-order valence-corrected chi connectivity index (χ4v) is 3.75. The van der Waals surface area contributed by atoms with Crippen LogP contribution in [0, 0.1) is 22.5 Å². The van der Waals surface area contributed by atoms with Crippen LogP contribution in [0.5, 0.6) is 0 Å². The van der Waals surface area contributed by atoms with Crippen molar-refractivity contribution in [3.05, 3.63) is 63.7 Å². The highest BCUT2D eigenvalue weighted by atomic mass is 16.6. The number of terminal acetylenes is 1. The van der Waals surface area contributed by atoms with E-state index in [9.17, 15) is 24.5 Å². The Labute approximate surface area is 197 Å². The highest BCUT2D eigenvalue weighted by molar-refractivity contribution is 6.09. The molecule has 10 nitrogen and oxygen atoms in total. The lowest BCUT2D eigenvalue weighted by Gasteiger charge is -2.35. The molecule has 1 aliphatic heterocycles. The first-order valence-electron chi connectivity index (χ1n) is 10.6. The number of hydrogen-bond donors (Lipinski definition) is 1. The van der Waals surface area contributed by atoms with Crippen LogP contribution >= 0.6 is 0 Å². The smallest absolute Gasteiger partial charge is 0.293 e. The number of likely N-dealkylation sites (N-methyl/N-ethyl adjacent to an activating group) is 1. The molecule has 0 saturated carbocycles. The van der Waals surface area contributed by atoms with Gasteiger partial charge in [0.05, 0.1) is 4.92 Å². The summed E-state index contributed by atoms with van der Waals surface area (Å²) >= 11 is 0. The summed E-state index contributed by atoms with van der Waals surface area (Å²) in [6.45, 7) is 3.00. The van der Waals surface area contributed by atoms with Gasteiger partial charge in [0.15, 0.2) is 0 Å². The van der Waals surface area contributed by atoms with Gasteiger partial charge in [0.2, 0.25) is 11.8 Å². The van der Waals surface area contributed by atoms with Crippen LogP contribution in [0.15, 0.2) is 42.5 Å². The number of nitro groups is 1. The van der Waals surface area contributed by atoms with Crippen LogP contribution in [-0.2, 0) is 9.59 Å². The number of nitro benzene ring substituents is 1. The van der Waals surface area contributed by atoms with E-state index >= 15 is 0 Å². The first-order chi connectivity index (χ1) is 16.2. The van der Waals surface area contributed by atoms with E-state index in [1.807, 2.05) is 4.90 Å². The van der Waals surface area contributed by atoms with Crippen molar-refractivity contribution < 1.29 is 19.3 Å². The van der Waals surface area contributed by atoms with Crippen LogP contribution in [0.4, 0.5) is 17.1 Å². The maximum Gasteiger partial charge on any atom is 0.293 e. The minimum Gasteiger partial charge on any atom is -0.362 e. The number of nitrogens with one attached hydrogen (secondary N) is 1. The molecule has 1 heterocycles. The lowest BCUT2D eigenvalue weighted by Crippen LogP contribution is -2.48. The normalized spacial score (nSPS) is 13.1. The van der Waals surface area contributed by atoms with Crippen LogP contribution in [0.25, 0.3) is 0 Å². The zero-order valence-corrected chi connectivity index (χ0v) is 19.0. The molecule has 2 aromatic rings. The molecule has 10 heteroatoms. The van der Waals surface area contributed by atoms with Gasteiger partial charge in [-0.3, -0.25) is 29.4 Å². The van der Waals surface area contributed by atoms with Gasteiger partial charge in [0.1, 0.15) is 12.2 Å². The molecule has 1 saturated heterocycles. The molecule has 3 amide bonds. The molecule has 176 valence electrons. The maximum atomic E-state index is 13.4. The summed E-state index contributed by atoms with van der Waals surface area (Å²) in [5.41, 5.74) is 1.14. The average Bonchev–Trinajstić information content (AvgIpc) is 2.86. The van der Waals surface area contributed by atoms with Gasteiger partial charge in [0, 0.05) is 63.0 Å². The Bertz CT molecular complexity index is 1160. The van der Waals surface area contributed by atoms with Gasteiger partial charge in [-0.1, -0.05) is 12.0 Å². The van der Waals surface area contributed by atoms with E-state index in [0.29, 0.717) is 43.1 Å². The Morgan fingerprint density at radius 2 is 1.85 bits per heavy atom. The largest absolute Gasteiger partial charge is 0.362 e. The molecule has 0 unspecified atom stereocenters. The van der Waals surface area contributed by atoms with Gasteiger partial charge in [-0.25, -0.2) is 0 Å². The Morgan fingerprint density at radius 3 is 2.44 bits per heavy atom. The van der Waals surface area contributed by atoms with Crippen LogP contribution in [-0.4, -0.2) is 67.3 Å². The molecule has 1 N–H and O–H groups in total. The average molecular weight is 463 g/mol. The molecule has 0 atom stereocenters. The monoisotopic (exact) mass is 463 g/mol. The number of carbonyl (C=O) groups excluding carboxylic acids is 3. The van der Waals surface area contributed by atoms with Gasteiger partial charge in [-0.2, -0.15) is 0 Å². The topological polar surface area (TPSA) is 116 Å². The zero-order chi connectivity index (χ0) is 24.8. The first kappa shape index (κ1) is 24.3. The molecule has 1 fully saturated rings. The predicted molar refractivity (Wildman–Crippen MR) is 128 cm³/mol. The zero-order valence-electron chi connectivity index (χ0n) is 19.0. The van der Waals surface area contributed by atoms with E-state index < -0.39 is 16.7 Å². The fourth-order valence-electron chi connectivity index (χ4n) is 3.75. The number of anilines is 2. The number of carbonyl (C=O) groups is 3. The van der Waals surface area contributed by atoms with Crippen molar-refractivity contribution in [1.82, 2.24) is 10.2 Å². The second kappa shape index (κ2) is 10.5. The van der Waals surface area contributed by atoms with Crippen LogP contribution < -0.4 is 15.1 Å². The molecule has 0 aliphatic carbocycles. The number of nitrogens with zero attached hydrogens (tertiary/aromatic N) is 4. The van der Waals surface area contributed by atoms with E-state index in [1.54, 1.807) is 29.2 Å². The third kappa shape index (κ3) is 5.32. The lowest BCUT2D eigenvalue weighted by atomic mass is 10.1. The minimum atomic E-state index is -0.575. The highest BCUT2D eigenvalue weighted by Crippen LogP contribution is 2.31. The molecule has 0 bridgehead atoms. The van der Waals surface area contributed by atoms with Gasteiger partial charge in [0.25, 0.3) is 11.6 Å². The van der Waals surface area contributed by atoms with Crippen molar-refractivity contribution in [2.24, 2.45) is 0 Å². The van der Waals surface area contributed by atoms with E-state index in [1.165, 1.54) is 37.1 Å². The number of amides is 3. The molecule has 0 aromatic heterocycles. The molecule has 2 aromatic carbocycles. The van der Waals surface area contributed by atoms with Crippen LogP contribution in [0.3, 0.4) is 0 Å². The van der Waals surface area contributed by atoms with Gasteiger partial charge in [-0.15, -0.1) is 6.42 Å². The molecule has 3 rings (SSSR count). The van der Waals surface area contributed by atoms with Gasteiger partial charge < -0.3 is 15.1 Å². The minimum absolute atomic E-state index is 0.0415. The summed E-state index contributed by atoms with van der Waals surface area (Å²) in [6.07, 6.45) is 5.47. The molecule has 34 heavy (non-hydrogen) atoms. The highest BCUT2D eigenvalue weighted by Gasteiger charge is 2.28. The van der Waals surface area contributed by atoms with E-state index in [0.717, 1.165) is 0 Å². The second-order valence-corrected chi connectivity index (χ2v) is 7.71. The molecular formula is C24H25N5O5. The lowest BCUT2D eigenvalue weighted by molar-refractivity contribution is -0.384. The molecule has 0 radical (unpaired) electrons. The van der Waals surface area contributed by atoms with Gasteiger partial charge >= 0.3 is 0 Å². The molecule has 1 aliphatic rings. The summed E-state index contributed by atoms with van der Waals surface area (Å²) in [5.74, 6) is 1.46. The van der Waals surface area contributed by atoms with Crippen molar-refractivity contribution in [3.8, 4) is 12.3 Å². The van der Waals surface area contributed by atoms with Crippen molar-refractivity contribution in [3.63, 3.8) is 0 Å². The Kier molecular flexibility index (Phi) is 7.48. The maximum absolute atomic E-state index is 13.4. The molecule has 0 spiro atoms. The first-order valence-corrected chi connectivity index (χ1v) is 10.6. The number of benzene rings is 2. The van der Waals surface area contributed by atoms with E-state index in [2.05, 4.69) is 11.2 Å². The Balaban J connectivity index is 1.95. The standard InChI is InChI=1S/C24H25N5O5/c1-4-18-6-5-7-20(14-18)28(16-23(31)25-3)24(32)19-8-9-21(22(15-19)29(33)34)27-12-10-26(11-13-27)17(2)30/h1,5-9,14-15H,10-13,16H2,2-3H3,(H,25,31). The number of hydrogen-bond acceptors (Lipinski definition) is 6. The van der Waals surface area contributed by atoms with Gasteiger partial charge in [-0.05, 0) is 30.3 Å². The quantitative estimate of drug-likeness (QED) is 0.396. The van der Waals surface area contributed by atoms with Crippen LogP contribution in [0.2, 0.25) is 0 Å².